The standard InChI is InChI=1S/C20H10ClFN2O3S/c21-11-4-5-14-13(9-11)17(25)15-16(10-2-1-3-12(22)8-10)24(19(26)18(15)27-14)20-23-6-7-28-20/h1-9,16H. The highest BCUT2D eigenvalue weighted by molar-refractivity contribution is 7.13. The summed E-state index contributed by atoms with van der Waals surface area (Å²) in [6.07, 6.45) is 1.56. The molecule has 138 valence electrons. The van der Waals surface area contributed by atoms with E-state index < -0.39 is 17.8 Å². The Labute approximate surface area is 166 Å². The first-order valence-corrected chi connectivity index (χ1v) is 9.55. The highest BCUT2D eigenvalue weighted by atomic mass is 35.5. The molecule has 0 bridgehead atoms. The van der Waals surface area contributed by atoms with Gasteiger partial charge in [-0.1, -0.05) is 23.7 Å². The van der Waals surface area contributed by atoms with Gasteiger partial charge in [-0.25, -0.2) is 9.37 Å². The summed E-state index contributed by atoms with van der Waals surface area (Å²) in [5, 5.41) is 2.76. The van der Waals surface area contributed by atoms with Crippen molar-refractivity contribution >= 4 is 44.9 Å². The Morgan fingerprint density at radius 1 is 1.18 bits per heavy atom. The quantitative estimate of drug-likeness (QED) is 0.474. The second-order valence-electron chi connectivity index (χ2n) is 6.26. The number of nitrogens with zero attached hydrogens (tertiary/aromatic N) is 2. The summed E-state index contributed by atoms with van der Waals surface area (Å²) in [6.45, 7) is 0. The molecule has 8 heteroatoms. The second kappa shape index (κ2) is 6.25. The number of anilines is 1. The molecule has 3 heterocycles. The average Bonchev–Trinajstić information content (AvgIpc) is 3.29. The molecular formula is C20H10ClFN2O3S. The Morgan fingerprint density at radius 2 is 2.04 bits per heavy atom. The van der Waals surface area contributed by atoms with E-state index in [1.54, 1.807) is 29.8 Å². The van der Waals surface area contributed by atoms with E-state index >= 15 is 0 Å². The van der Waals surface area contributed by atoms with Crippen molar-refractivity contribution in [1.82, 2.24) is 4.98 Å². The SMILES string of the molecule is O=C1c2oc3ccc(Cl)cc3c(=O)c2C(c2cccc(F)c2)N1c1nccs1. The highest BCUT2D eigenvalue weighted by Gasteiger charge is 2.44. The number of hydrogen-bond donors (Lipinski definition) is 0. The number of halogens is 2. The van der Waals surface area contributed by atoms with Crippen LogP contribution in [-0.4, -0.2) is 10.9 Å². The van der Waals surface area contributed by atoms with Crippen molar-refractivity contribution in [2.45, 2.75) is 6.04 Å². The number of rotatable bonds is 2. The predicted molar refractivity (Wildman–Crippen MR) is 105 cm³/mol. The lowest BCUT2D eigenvalue weighted by Crippen LogP contribution is -2.29. The lowest BCUT2D eigenvalue weighted by Gasteiger charge is -2.22. The number of hydrogen-bond acceptors (Lipinski definition) is 5. The largest absolute Gasteiger partial charge is 0.450 e. The maximum absolute atomic E-state index is 13.9. The first-order valence-electron chi connectivity index (χ1n) is 8.29. The third-order valence-corrected chi connectivity index (χ3v) is 5.63. The minimum atomic E-state index is -0.844. The van der Waals surface area contributed by atoms with Crippen LogP contribution in [0.15, 0.2) is 63.3 Å². The second-order valence-corrected chi connectivity index (χ2v) is 7.57. The average molecular weight is 413 g/mol. The molecule has 4 aromatic rings. The third-order valence-electron chi connectivity index (χ3n) is 4.62. The van der Waals surface area contributed by atoms with Crippen LogP contribution in [0.4, 0.5) is 9.52 Å². The predicted octanol–water partition coefficient (Wildman–Crippen LogP) is 4.79. The molecule has 1 amide bonds. The van der Waals surface area contributed by atoms with Crippen LogP contribution in [0.25, 0.3) is 11.0 Å². The number of carbonyl (C=O) groups excluding carboxylic acids is 1. The first-order chi connectivity index (χ1) is 13.5. The van der Waals surface area contributed by atoms with Crippen molar-refractivity contribution in [2.24, 2.45) is 0 Å². The molecule has 0 radical (unpaired) electrons. The minimum Gasteiger partial charge on any atom is -0.450 e. The van der Waals surface area contributed by atoms with Crippen molar-refractivity contribution in [1.29, 1.82) is 0 Å². The van der Waals surface area contributed by atoms with Gasteiger partial charge in [0.1, 0.15) is 11.4 Å². The van der Waals surface area contributed by atoms with Gasteiger partial charge in [0.2, 0.25) is 5.76 Å². The van der Waals surface area contributed by atoms with Crippen LogP contribution in [0.2, 0.25) is 5.02 Å². The van der Waals surface area contributed by atoms with Gasteiger partial charge in [0.25, 0.3) is 5.91 Å². The van der Waals surface area contributed by atoms with Crippen LogP contribution in [0, 0.1) is 5.82 Å². The Balaban J connectivity index is 1.85. The van der Waals surface area contributed by atoms with Crippen LogP contribution >= 0.6 is 22.9 Å². The van der Waals surface area contributed by atoms with Crippen LogP contribution in [-0.2, 0) is 0 Å². The Morgan fingerprint density at radius 3 is 2.79 bits per heavy atom. The van der Waals surface area contributed by atoms with Gasteiger partial charge < -0.3 is 4.42 Å². The van der Waals surface area contributed by atoms with Gasteiger partial charge in [-0.15, -0.1) is 11.3 Å². The molecule has 28 heavy (non-hydrogen) atoms. The number of fused-ring (bicyclic) bond motifs is 2. The van der Waals surface area contributed by atoms with Gasteiger partial charge in [-0.05, 0) is 35.9 Å². The molecule has 5 rings (SSSR count). The molecule has 5 nitrogen and oxygen atoms in total. The highest BCUT2D eigenvalue weighted by Crippen LogP contribution is 2.42. The molecule has 0 aliphatic carbocycles. The van der Waals surface area contributed by atoms with Crippen molar-refractivity contribution in [3.8, 4) is 0 Å². The summed E-state index contributed by atoms with van der Waals surface area (Å²) in [5.41, 5.74) is 0.498. The van der Waals surface area contributed by atoms with Gasteiger partial charge in [0.05, 0.1) is 17.0 Å². The zero-order chi connectivity index (χ0) is 19.4. The number of benzene rings is 2. The van der Waals surface area contributed by atoms with Crippen molar-refractivity contribution in [3.05, 3.63) is 92.0 Å². The van der Waals surface area contributed by atoms with E-state index in [0.717, 1.165) is 0 Å². The van der Waals surface area contributed by atoms with Crippen LogP contribution in [0.1, 0.15) is 27.7 Å². The molecule has 0 N–H and O–H groups in total. The van der Waals surface area contributed by atoms with E-state index in [1.807, 2.05) is 0 Å². The van der Waals surface area contributed by atoms with Gasteiger partial charge >= 0.3 is 0 Å². The molecule has 1 aliphatic heterocycles. The lowest BCUT2D eigenvalue weighted by molar-refractivity contribution is 0.0971. The van der Waals surface area contributed by atoms with Crippen LogP contribution in [0.5, 0.6) is 0 Å². The van der Waals surface area contributed by atoms with Crippen molar-refractivity contribution in [2.75, 3.05) is 4.90 Å². The van der Waals surface area contributed by atoms with Gasteiger partial charge in [-0.2, -0.15) is 0 Å². The Hall–Kier alpha value is -3.03. The van der Waals surface area contributed by atoms with Gasteiger partial charge in [0, 0.05) is 16.6 Å². The maximum atomic E-state index is 13.9. The van der Waals surface area contributed by atoms with Crippen LogP contribution in [0.3, 0.4) is 0 Å². The number of carbonyl (C=O) groups is 1. The van der Waals surface area contributed by atoms with Crippen molar-refractivity contribution in [3.63, 3.8) is 0 Å². The van der Waals surface area contributed by atoms with E-state index in [0.29, 0.717) is 15.7 Å². The summed E-state index contributed by atoms with van der Waals surface area (Å²) in [7, 11) is 0. The topological polar surface area (TPSA) is 63.4 Å². The minimum absolute atomic E-state index is 0.0655. The molecule has 2 aromatic heterocycles. The molecule has 0 saturated carbocycles. The molecule has 1 atom stereocenters. The fourth-order valence-corrected chi connectivity index (χ4v) is 4.31. The smallest absolute Gasteiger partial charge is 0.297 e. The molecule has 1 aliphatic rings. The van der Waals surface area contributed by atoms with E-state index in [2.05, 4.69) is 4.98 Å². The lowest BCUT2D eigenvalue weighted by atomic mass is 9.98. The first kappa shape index (κ1) is 17.1. The monoisotopic (exact) mass is 412 g/mol. The number of amides is 1. The zero-order valence-corrected chi connectivity index (χ0v) is 15.6. The third kappa shape index (κ3) is 2.47. The molecule has 0 saturated heterocycles. The van der Waals surface area contributed by atoms with E-state index in [1.165, 1.54) is 40.5 Å². The van der Waals surface area contributed by atoms with E-state index in [-0.39, 0.29) is 27.7 Å². The fraction of sp³-hybridized carbons (Fsp3) is 0.0500. The zero-order valence-electron chi connectivity index (χ0n) is 14.1. The molecule has 1 unspecified atom stereocenters. The summed E-state index contributed by atoms with van der Waals surface area (Å²) in [5.74, 6) is -1.02. The maximum Gasteiger partial charge on any atom is 0.297 e. The normalized spacial score (nSPS) is 16.0. The Kier molecular flexibility index (Phi) is 3.82. The molecule has 2 aromatic carbocycles. The summed E-state index contributed by atoms with van der Waals surface area (Å²) in [4.78, 5) is 32.0. The number of thiazole rings is 1. The fourth-order valence-electron chi connectivity index (χ4n) is 3.47. The van der Waals surface area contributed by atoms with Crippen molar-refractivity contribution < 1.29 is 13.6 Å². The number of aromatic nitrogens is 1. The van der Waals surface area contributed by atoms with E-state index in [9.17, 15) is 14.0 Å². The Bertz CT molecular complexity index is 1300. The van der Waals surface area contributed by atoms with Gasteiger partial charge in [-0.3, -0.25) is 14.5 Å². The van der Waals surface area contributed by atoms with Crippen LogP contribution < -0.4 is 10.3 Å². The molecule has 0 spiro atoms. The molecular weight excluding hydrogens is 403 g/mol. The summed E-state index contributed by atoms with van der Waals surface area (Å²) >= 11 is 7.28. The van der Waals surface area contributed by atoms with E-state index in [4.69, 9.17) is 16.0 Å². The summed E-state index contributed by atoms with van der Waals surface area (Å²) in [6, 6.07) is 9.60. The molecule has 0 fully saturated rings. The van der Waals surface area contributed by atoms with Gasteiger partial charge in [0.15, 0.2) is 10.6 Å². The summed E-state index contributed by atoms with van der Waals surface area (Å²) < 4.78 is 19.7.